The van der Waals surface area contributed by atoms with Crippen LogP contribution in [0.25, 0.3) is 10.8 Å². The van der Waals surface area contributed by atoms with Gasteiger partial charge < -0.3 is 9.90 Å². The molecule has 0 aromatic heterocycles. The van der Waals surface area contributed by atoms with Crippen LogP contribution in [-0.2, 0) is 0 Å². The van der Waals surface area contributed by atoms with Crippen molar-refractivity contribution in [2.24, 2.45) is 0 Å². The molecule has 6 rings (SSSR count). The molecule has 0 N–H and O–H groups in total. The number of carbonyl (C=O) groups excluding carboxylic acids is 5. The van der Waals surface area contributed by atoms with Crippen LogP contribution in [0.4, 0.5) is 5.69 Å². The third-order valence-electron chi connectivity index (χ3n) is 6.62. The Kier molecular flexibility index (Phi) is 4.16. The van der Waals surface area contributed by atoms with Crippen molar-refractivity contribution in [2.75, 3.05) is 4.90 Å². The maximum Gasteiger partial charge on any atom is 0.266 e. The normalized spacial score (nSPS) is 14.3. The van der Waals surface area contributed by atoms with E-state index in [1.54, 1.807) is 37.3 Å². The lowest BCUT2D eigenvalue weighted by molar-refractivity contribution is -0.254. The van der Waals surface area contributed by atoms with Gasteiger partial charge in [0.25, 0.3) is 11.8 Å². The number of carboxylic acid groups (broad SMARTS) is 1. The van der Waals surface area contributed by atoms with Crippen molar-refractivity contribution in [3.63, 3.8) is 0 Å². The SMILES string of the molecule is Cc1ccc2c(c1N1C(=O)c3cccc4c(C(=O)[O-])ccc(c34)C1=O)C(=O)c1ccccc1C2=O. The summed E-state index contributed by atoms with van der Waals surface area (Å²) < 4.78 is 0. The van der Waals surface area contributed by atoms with Gasteiger partial charge in [-0.25, -0.2) is 4.90 Å². The number of rotatable bonds is 2. The minimum absolute atomic E-state index is 0.00242. The fourth-order valence-electron chi connectivity index (χ4n) is 5.04. The van der Waals surface area contributed by atoms with Crippen LogP contribution in [-0.4, -0.2) is 29.4 Å². The summed E-state index contributed by atoms with van der Waals surface area (Å²) in [6, 6.07) is 16.7. The third-order valence-corrected chi connectivity index (χ3v) is 6.62. The van der Waals surface area contributed by atoms with Gasteiger partial charge in [0.2, 0.25) is 0 Å². The molecule has 0 spiro atoms. The zero-order chi connectivity index (χ0) is 24.6. The molecule has 4 aromatic carbocycles. The van der Waals surface area contributed by atoms with Crippen molar-refractivity contribution in [1.82, 2.24) is 0 Å². The Morgan fingerprint density at radius 2 is 1.29 bits per heavy atom. The topological polar surface area (TPSA) is 112 Å². The predicted octanol–water partition coefficient (Wildman–Crippen LogP) is 3.09. The molecule has 2 aliphatic rings. The Bertz CT molecular complexity index is 1690. The van der Waals surface area contributed by atoms with Gasteiger partial charge in [0.05, 0.1) is 17.2 Å². The van der Waals surface area contributed by atoms with E-state index < -0.39 is 23.6 Å². The van der Waals surface area contributed by atoms with E-state index >= 15 is 0 Å². The fourth-order valence-corrected chi connectivity index (χ4v) is 5.04. The van der Waals surface area contributed by atoms with E-state index in [2.05, 4.69) is 0 Å². The molecule has 1 aliphatic carbocycles. The highest BCUT2D eigenvalue weighted by Crippen LogP contribution is 2.40. The lowest BCUT2D eigenvalue weighted by Crippen LogP contribution is -2.42. The van der Waals surface area contributed by atoms with Crippen LogP contribution < -0.4 is 10.0 Å². The van der Waals surface area contributed by atoms with Crippen LogP contribution in [0.5, 0.6) is 0 Å². The molecule has 35 heavy (non-hydrogen) atoms. The Morgan fingerprint density at radius 1 is 0.686 bits per heavy atom. The second kappa shape index (κ2) is 7.04. The van der Waals surface area contributed by atoms with Crippen LogP contribution in [0.1, 0.15) is 68.5 Å². The number of hydrogen-bond acceptors (Lipinski definition) is 6. The number of anilines is 1. The number of carboxylic acids is 1. The summed E-state index contributed by atoms with van der Waals surface area (Å²) in [5.41, 5.74) is 1.20. The number of nitrogens with zero attached hydrogens (tertiary/aromatic N) is 1. The van der Waals surface area contributed by atoms with E-state index in [-0.39, 0.29) is 61.2 Å². The number of hydrogen-bond donors (Lipinski definition) is 0. The van der Waals surface area contributed by atoms with Crippen molar-refractivity contribution in [2.45, 2.75) is 6.92 Å². The Morgan fingerprint density at radius 3 is 1.97 bits per heavy atom. The molecular weight excluding hydrogens is 446 g/mol. The van der Waals surface area contributed by atoms with Crippen LogP contribution >= 0.6 is 0 Å². The summed E-state index contributed by atoms with van der Waals surface area (Å²) in [6.45, 7) is 1.66. The first-order chi connectivity index (χ1) is 16.8. The van der Waals surface area contributed by atoms with E-state index in [1.165, 1.54) is 36.4 Å². The van der Waals surface area contributed by atoms with Gasteiger partial charge in [0.1, 0.15) is 0 Å². The molecule has 7 nitrogen and oxygen atoms in total. The number of aromatic carboxylic acids is 1. The van der Waals surface area contributed by atoms with Crippen LogP contribution in [0, 0.1) is 6.92 Å². The molecule has 1 heterocycles. The van der Waals surface area contributed by atoms with Gasteiger partial charge in [0, 0.05) is 38.8 Å². The highest BCUT2D eigenvalue weighted by molar-refractivity contribution is 6.39. The summed E-state index contributed by atoms with van der Waals surface area (Å²) in [4.78, 5) is 66.7. The molecule has 0 atom stereocenters. The number of fused-ring (bicyclic) bond motifs is 2. The zero-order valence-corrected chi connectivity index (χ0v) is 18.2. The first-order valence-electron chi connectivity index (χ1n) is 10.8. The second-order valence-electron chi connectivity index (χ2n) is 8.48. The van der Waals surface area contributed by atoms with E-state index in [0.717, 1.165) is 4.90 Å². The van der Waals surface area contributed by atoms with Gasteiger partial charge in [-0.1, -0.05) is 48.5 Å². The quantitative estimate of drug-likeness (QED) is 0.374. The predicted molar refractivity (Wildman–Crippen MR) is 124 cm³/mol. The highest BCUT2D eigenvalue weighted by atomic mass is 16.4. The number of aryl methyl sites for hydroxylation is 1. The van der Waals surface area contributed by atoms with Crippen molar-refractivity contribution < 1.29 is 29.1 Å². The van der Waals surface area contributed by atoms with E-state index in [1.807, 2.05) is 0 Å². The summed E-state index contributed by atoms with van der Waals surface area (Å²) in [5, 5.41) is 12.0. The smallest absolute Gasteiger partial charge is 0.266 e. The Labute approximate surface area is 198 Å². The molecule has 2 amide bonds. The molecule has 0 saturated heterocycles. The number of amides is 2. The monoisotopic (exact) mass is 460 g/mol. The molecule has 7 heteroatoms. The molecule has 0 radical (unpaired) electrons. The van der Waals surface area contributed by atoms with Crippen molar-refractivity contribution in [1.29, 1.82) is 0 Å². The minimum atomic E-state index is -1.42. The number of carbonyl (C=O) groups is 5. The largest absolute Gasteiger partial charge is 0.545 e. The van der Waals surface area contributed by atoms with Crippen molar-refractivity contribution in [3.05, 3.63) is 111 Å². The average molecular weight is 460 g/mol. The van der Waals surface area contributed by atoms with Gasteiger partial charge in [-0.3, -0.25) is 19.2 Å². The maximum absolute atomic E-state index is 13.7. The van der Waals surface area contributed by atoms with Crippen LogP contribution in [0.3, 0.4) is 0 Å². The van der Waals surface area contributed by atoms with Crippen LogP contribution in [0.2, 0.25) is 0 Å². The second-order valence-corrected chi connectivity index (χ2v) is 8.48. The summed E-state index contributed by atoms with van der Waals surface area (Å²) in [6.07, 6.45) is 0. The van der Waals surface area contributed by atoms with E-state index in [9.17, 15) is 29.1 Å². The molecular formula is C28H14NO6-. The van der Waals surface area contributed by atoms with Gasteiger partial charge in [0.15, 0.2) is 11.6 Å². The first kappa shape index (κ1) is 20.7. The van der Waals surface area contributed by atoms with Gasteiger partial charge in [-0.2, -0.15) is 0 Å². The average Bonchev–Trinajstić information content (AvgIpc) is 2.86. The van der Waals surface area contributed by atoms with Gasteiger partial charge in [-0.05, 0) is 36.1 Å². The molecule has 168 valence electrons. The first-order valence-corrected chi connectivity index (χ1v) is 10.8. The molecule has 0 saturated carbocycles. The number of benzene rings is 4. The van der Waals surface area contributed by atoms with Crippen LogP contribution in [0.15, 0.2) is 66.7 Å². The lowest BCUT2D eigenvalue weighted by Gasteiger charge is -2.32. The summed E-state index contributed by atoms with van der Waals surface area (Å²) >= 11 is 0. The highest BCUT2D eigenvalue weighted by Gasteiger charge is 2.40. The third kappa shape index (κ3) is 2.63. The van der Waals surface area contributed by atoms with Gasteiger partial charge in [-0.15, -0.1) is 0 Å². The van der Waals surface area contributed by atoms with Gasteiger partial charge >= 0.3 is 0 Å². The van der Waals surface area contributed by atoms with E-state index in [0.29, 0.717) is 5.56 Å². The summed E-state index contributed by atoms with van der Waals surface area (Å²) in [7, 11) is 0. The standard InChI is InChI=1S/C28H15NO6/c1-13-9-10-18-22(25(31)16-6-3-2-5-15(16)24(18)30)23(13)29-26(32)19-8-4-7-14-17(28(34)35)11-12-20(21(14)19)27(29)33/h2-12H,1H3,(H,34,35)/p-1. The minimum Gasteiger partial charge on any atom is -0.545 e. The maximum atomic E-state index is 13.7. The Balaban J connectivity index is 1.63. The fraction of sp³-hybridized carbons (Fsp3) is 0.0357. The number of imide groups is 1. The molecule has 4 aromatic rings. The van der Waals surface area contributed by atoms with Crippen molar-refractivity contribution >= 4 is 45.8 Å². The summed E-state index contributed by atoms with van der Waals surface area (Å²) in [5.74, 6) is -3.66. The van der Waals surface area contributed by atoms with E-state index in [4.69, 9.17) is 0 Å². The molecule has 0 unspecified atom stereocenters. The Hall–Kier alpha value is -4.91. The van der Waals surface area contributed by atoms with Crippen molar-refractivity contribution in [3.8, 4) is 0 Å². The molecule has 0 fully saturated rings. The zero-order valence-electron chi connectivity index (χ0n) is 18.2. The molecule has 0 bridgehead atoms. The number of ketones is 2. The lowest BCUT2D eigenvalue weighted by atomic mass is 9.81. The molecule has 1 aliphatic heterocycles.